The predicted molar refractivity (Wildman–Crippen MR) is 86.6 cm³/mol. The Morgan fingerprint density at radius 1 is 0.913 bits per heavy atom. The molecule has 3 rings (SSSR count). The first-order valence-corrected chi connectivity index (χ1v) is 7.92. The first-order chi connectivity index (χ1) is 11.3. The molecule has 0 aliphatic carbocycles. The van der Waals surface area contributed by atoms with Crippen LogP contribution in [0.25, 0.3) is 0 Å². The summed E-state index contributed by atoms with van der Waals surface area (Å²) in [5.41, 5.74) is 2.23. The molecule has 0 radical (unpaired) electrons. The zero-order valence-electron chi connectivity index (χ0n) is 13.0. The minimum atomic E-state index is -0.777. The Labute approximate surface area is 136 Å². The number of ether oxygens (including phenoxy) is 3. The number of aliphatic hydroxyl groups is 1. The van der Waals surface area contributed by atoms with Crippen molar-refractivity contribution in [3.63, 3.8) is 0 Å². The molecule has 1 heterocycles. The Bertz CT molecular complexity index is 572. The van der Waals surface area contributed by atoms with Gasteiger partial charge < -0.3 is 19.3 Å². The lowest BCUT2D eigenvalue weighted by Crippen LogP contribution is -2.29. The van der Waals surface area contributed by atoms with Gasteiger partial charge in [-0.1, -0.05) is 60.7 Å². The van der Waals surface area contributed by atoms with Gasteiger partial charge in [-0.3, -0.25) is 0 Å². The van der Waals surface area contributed by atoms with Gasteiger partial charge in [-0.05, 0) is 11.1 Å². The van der Waals surface area contributed by atoms with Crippen LogP contribution in [0.15, 0.2) is 60.7 Å². The summed E-state index contributed by atoms with van der Waals surface area (Å²) >= 11 is 0. The number of benzene rings is 2. The molecule has 4 heteroatoms. The van der Waals surface area contributed by atoms with Gasteiger partial charge in [-0.2, -0.15) is 0 Å². The van der Waals surface area contributed by atoms with Gasteiger partial charge in [0.15, 0.2) is 6.29 Å². The van der Waals surface area contributed by atoms with E-state index in [2.05, 4.69) is 0 Å². The molecule has 1 fully saturated rings. The predicted octanol–water partition coefficient (Wildman–Crippen LogP) is 2.90. The first kappa shape index (κ1) is 16.1. The molecule has 3 atom stereocenters. The third-order valence-electron chi connectivity index (χ3n) is 3.88. The second-order valence-electron chi connectivity index (χ2n) is 5.70. The van der Waals surface area contributed by atoms with Crippen LogP contribution < -0.4 is 0 Å². The highest BCUT2D eigenvalue weighted by Crippen LogP contribution is 2.23. The van der Waals surface area contributed by atoms with Crippen LogP contribution >= 0.6 is 0 Å². The van der Waals surface area contributed by atoms with Gasteiger partial charge in [-0.15, -0.1) is 0 Å². The van der Waals surface area contributed by atoms with E-state index in [0.717, 1.165) is 11.1 Å². The number of hydrogen-bond acceptors (Lipinski definition) is 4. The Morgan fingerprint density at radius 3 is 2.17 bits per heavy atom. The highest BCUT2D eigenvalue weighted by atomic mass is 16.6. The van der Waals surface area contributed by atoms with Crippen LogP contribution in [0.4, 0.5) is 0 Å². The Morgan fingerprint density at radius 2 is 1.52 bits per heavy atom. The van der Waals surface area contributed by atoms with Crippen LogP contribution in [0, 0.1) is 0 Å². The van der Waals surface area contributed by atoms with E-state index < -0.39 is 6.29 Å². The van der Waals surface area contributed by atoms with Crippen LogP contribution in [0.3, 0.4) is 0 Å². The fourth-order valence-corrected chi connectivity index (χ4v) is 2.66. The third-order valence-corrected chi connectivity index (χ3v) is 3.88. The fourth-order valence-electron chi connectivity index (χ4n) is 2.66. The topological polar surface area (TPSA) is 47.9 Å². The Kier molecular flexibility index (Phi) is 5.77. The van der Waals surface area contributed by atoms with Crippen molar-refractivity contribution in [2.24, 2.45) is 0 Å². The number of rotatable bonds is 7. The average Bonchev–Trinajstić information content (AvgIpc) is 2.95. The van der Waals surface area contributed by atoms with Crippen LogP contribution in [0.5, 0.6) is 0 Å². The quantitative estimate of drug-likeness (QED) is 0.854. The molecule has 0 spiro atoms. The molecular formula is C19H22O4. The highest BCUT2D eigenvalue weighted by Gasteiger charge is 2.35. The summed E-state index contributed by atoms with van der Waals surface area (Å²) in [4.78, 5) is 0. The lowest BCUT2D eigenvalue weighted by atomic mass is 10.2. The Hall–Kier alpha value is -1.72. The van der Waals surface area contributed by atoms with Crippen molar-refractivity contribution in [3.8, 4) is 0 Å². The molecule has 0 bridgehead atoms. The lowest BCUT2D eigenvalue weighted by Gasteiger charge is -2.19. The van der Waals surface area contributed by atoms with Gasteiger partial charge >= 0.3 is 0 Å². The molecule has 1 aliphatic heterocycles. The molecule has 0 aromatic heterocycles. The summed E-state index contributed by atoms with van der Waals surface area (Å²) in [5.74, 6) is 0. The molecule has 122 valence electrons. The number of aliphatic hydroxyl groups excluding tert-OH is 1. The van der Waals surface area contributed by atoms with Crippen molar-refractivity contribution in [2.45, 2.75) is 38.1 Å². The molecular weight excluding hydrogens is 292 g/mol. The summed E-state index contributed by atoms with van der Waals surface area (Å²) < 4.78 is 17.1. The smallest absolute Gasteiger partial charge is 0.157 e. The molecule has 4 nitrogen and oxygen atoms in total. The molecule has 2 aromatic rings. The molecule has 2 aromatic carbocycles. The fraction of sp³-hybridized carbons (Fsp3) is 0.368. The second-order valence-corrected chi connectivity index (χ2v) is 5.70. The third kappa shape index (κ3) is 4.88. The van der Waals surface area contributed by atoms with E-state index in [9.17, 15) is 5.11 Å². The van der Waals surface area contributed by atoms with Gasteiger partial charge in [0.05, 0.1) is 25.9 Å². The first-order valence-electron chi connectivity index (χ1n) is 7.92. The summed E-state index contributed by atoms with van der Waals surface area (Å²) in [6, 6.07) is 20.0. The zero-order chi connectivity index (χ0) is 15.9. The van der Waals surface area contributed by atoms with E-state index in [0.29, 0.717) is 26.2 Å². The normalized spacial score (nSPS) is 24.0. The van der Waals surface area contributed by atoms with E-state index in [4.69, 9.17) is 14.2 Å². The van der Waals surface area contributed by atoms with Gasteiger partial charge in [0, 0.05) is 6.42 Å². The van der Waals surface area contributed by atoms with E-state index >= 15 is 0 Å². The maximum absolute atomic E-state index is 9.73. The van der Waals surface area contributed by atoms with Gasteiger partial charge in [0.1, 0.15) is 6.10 Å². The summed E-state index contributed by atoms with van der Waals surface area (Å²) in [7, 11) is 0. The monoisotopic (exact) mass is 314 g/mol. The molecule has 0 amide bonds. The van der Waals surface area contributed by atoms with Gasteiger partial charge in [-0.25, -0.2) is 0 Å². The molecule has 0 saturated carbocycles. The molecule has 23 heavy (non-hydrogen) atoms. The molecule has 1 saturated heterocycles. The van der Waals surface area contributed by atoms with Crippen LogP contribution in [-0.4, -0.2) is 30.2 Å². The summed E-state index contributed by atoms with van der Waals surface area (Å²) in [5, 5.41) is 9.73. The molecule has 1 N–H and O–H groups in total. The maximum Gasteiger partial charge on any atom is 0.157 e. The van der Waals surface area contributed by atoms with Crippen LogP contribution in [0.2, 0.25) is 0 Å². The minimum Gasteiger partial charge on any atom is -0.374 e. The second kappa shape index (κ2) is 8.22. The standard InChI is InChI=1S/C19H22O4/c20-19-11-17(22-13-16-9-5-2-6-10-16)18(23-19)14-21-12-15-7-3-1-4-8-15/h1-10,17-20H,11-14H2/t17-,18+,19-/m1/s1. The highest BCUT2D eigenvalue weighted by molar-refractivity contribution is 5.14. The van der Waals surface area contributed by atoms with E-state index in [1.54, 1.807) is 0 Å². The SMILES string of the molecule is O[C@H]1C[C@@H](OCc2ccccc2)[C@H](COCc2ccccc2)O1. The van der Waals surface area contributed by atoms with Crippen molar-refractivity contribution >= 4 is 0 Å². The van der Waals surface area contributed by atoms with E-state index in [1.165, 1.54) is 0 Å². The summed E-state index contributed by atoms with van der Waals surface area (Å²) in [6.45, 7) is 1.45. The van der Waals surface area contributed by atoms with Gasteiger partial charge in [0.2, 0.25) is 0 Å². The molecule has 1 aliphatic rings. The van der Waals surface area contributed by atoms with Crippen molar-refractivity contribution < 1.29 is 19.3 Å². The number of hydrogen-bond donors (Lipinski definition) is 1. The zero-order valence-corrected chi connectivity index (χ0v) is 13.0. The van der Waals surface area contributed by atoms with Crippen LogP contribution in [-0.2, 0) is 27.4 Å². The van der Waals surface area contributed by atoms with Gasteiger partial charge in [0.25, 0.3) is 0 Å². The minimum absolute atomic E-state index is 0.152. The summed E-state index contributed by atoms with van der Waals surface area (Å²) in [6.07, 6.45) is -0.689. The van der Waals surface area contributed by atoms with Crippen LogP contribution in [0.1, 0.15) is 17.5 Å². The Balaban J connectivity index is 1.47. The largest absolute Gasteiger partial charge is 0.374 e. The average molecular weight is 314 g/mol. The van der Waals surface area contributed by atoms with E-state index in [1.807, 2.05) is 60.7 Å². The van der Waals surface area contributed by atoms with Crippen molar-refractivity contribution in [2.75, 3.05) is 6.61 Å². The van der Waals surface area contributed by atoms with Crippen molar-refractivity contribution in [1.29, 1.82) is 0 Å². The van der Waals surface area contributed by atoms with Crippen molar-refractivity contribution in [1.82, 2.24) is 0 Å². The van der Waals surface area contributed by atoms with E-state index in [-0.39, 0.29) is 12.2 Å². The maximum atomic E-state index is 9.73. The van der Waals surface area contributed by atoms with Crippen molar-refractivity contribution in [3.05, 3.63) is 71.8 Å². The lowest BCUT2D eigenvalue weighted by molar-refractivity contribution is -0.122. The molecule has 0 unspecified atom stereocenters.